The van der Waals surface area contributed by atoms with Crippen molar-refractivity contribution in [3.05, 3.63) is 32.6 Å². The van der Waals surface area contributed by atoms with E-state index in [1.165, 1.54) is 0 Å². The van der Waals surface area contributed by atoms with Crippen LogP contribution in [0, 0.1) is 3.57 Å². The fraction of sp³-hybridized carbons (Fsp3) is 0.286. The number of aromatic nitrogens is 1. The van der Waals surface area contributed by atoms with Crippen molar-refractivity contribution in [1.82, 2.24) is 4.98 Å². The summed E-state index contributed by atoms with van der Waals surface area (Å²) in [6.07, 6.45) is 1.69. The number of nitrogens with zero attached hydrogens (tertiary/aromatic N) is 1. The maximum absolute atomic E-state index is 11.9. The molecule has 20 heavy (non-hydrogen) atoms. The Morgan fingerprint density at radius 1 is 1.45 bits per heavy atom. The maximum atomic E-state index is 11.9. The Labute approximate surface area is 135 Å². The summed E-state index contributed by atoms with van der Waals surface area (Å²) in [5.41, 5.74) is -0.138. The number of carbonyl (C=O) groups is 1. The molecule has 1 N–H and O–H groups in total. The molecule has 0 spiro atoms. The van der Waals surface area contributed by atoms with E-state index in [-0.39, 0.29) is 16.6 Å². The minimum absolute atomic E-state index is 0.138. The Morgan fingerprint density at radius 2 is 2.20 bits per heavy atom. The lowest BCUT2D eigenvalue weighted by atomic mass is 10.1. The number of esters is 1. The van der Waals surface area contributed by atoms with Crippen molar-refractivity contribution in [2.24, 2.45) is 0 Å². The molecule has 6 heteroatoms. The van der Waals surface area contributed by atoms with Gasteiger partial charge in [-0.25, -0.2) is 9.78 Å². The number of benzene rings is 1. The average Bonchev–Trinajstić information content (AvgIpc) is 2.42. The third-order valence-corrected chi connectivity index (χ3v) is 3.78. The van der Waals surface area contributed by atoms with Gasteiger partial charge in [0.2, 0.25) is 0 Å². The van der Waals surface area contributed by atoms with Crippen molar-refractivity contribution in [3.63, 3.8) is 0 Å². The molecule has 2 aromatic rings. The first-order chi connectivity index (χ1) is 9.54. The second-order valence-corrected chi connectivity index (χ2v) is 5.88. The number of unbranched alkanes of at least 4 members (excludes halogenated alkanes) is 1. The van der Waals surface area contributed by atoms with Gasteiger partial charge in [0.05, 0.1) is 6.61 Å². The summed E-state index contributed by atoms with van der Waals surface area (Å²) >= 11 is 8.18. The SMILES string of the molecule is CCCCOC(=O)c1nc(Cl)c2ccc(I)cc2c1O. The molecule has 1 aromatic carbocycles. The van der Waals surface area contributed by atoms with E-state index in [1.54, 1.807) is 12.1 Å². The summed E-state index contributed by atoms with van der Waals surface area (Å²) in [4.78, 5) is 15.9. The van der Waals surface area contributed by atoms with E-state index >= 15 is 0 Å². The van der Waals surface area contributed by atoms with Crippen LogP contribution in [-0.2, 0) is 4.74 Å². The predicted octanol–water partition coefficient (Wildman–Crippen LogP) is 4.16. The van der Waals surface area contributed by atoms with Gasteiger partial charge in [0.25, 0.3) is 0 Å². The van der Waals surface area contributed by atoms with Gasteiger partial charge in [-0.05, 0) is 41.1 Å². The van der Waals surface area contributed by atoms with Gasteiger partial charge in [-0.1, -0.05) is 31.0 Å². The standard InChI is InChI=1S/C14H13ClINO3/c1-2-3-6-20-14(19)11-12(18)10-7-8(16)4-5-9(10)13(15)17-11/h4-5,7,18H,2-3,6H2,1H3. The highest BCUT2D eigenvalue weighted by Gasteiger charge is 2.19. The van der Waals surface area contributed by atoms with Gasteiger partial charge in [0.1, 0.15) is 5.15 Å². The van der Waals surface area contributed by atoms with Crippen LogP contribution in [-0.4, -0.2) is 22.7 Å². The first kappa shape index (κ1) is 15.3. The van der Waals surface area contributed by atoms with Crippen LogP contribution in [0.3, 0.4) is 0 Å². The summed E-state index contributed by atoms with van der Waals surface area (Å²) in [5, 5.41) is 11.5. The summed E-state index contributed by atoms with van der Waals surface area (Å²) < 4.78 is 5.99. The topological polar surface area (TPSA) is 59.4 Å². The molecule has 0 atom stereocenters. The fourth-order valence-corrected chi connectivity index (χ4v) is 2.49. The number of pyridine rings is 1. The highest BCUT2D eigenvalue weighted by molar-refractivity contribution is 14.1. The zero-order valence-electron chi connectivity index (χ0n) is 10.8. The van der Waals surface area contributed by atoms with Crippen LogP contribution < -0.4 is 0 Å². The van der Waals surface area contributed by atoms with Gasteiger partial charge >= 0.3 is 5.97 Å². The van der Waals surface area contributed by atoms with Crippen LogP contribution in [0.1, 0.15) is 30.3 Å². The molecule has 0 saturated carbocycles. The molecule has 0 amide bonds. The molecule has 1 heterocycles. The highest BCUT2D eigenvalue weighted by atomic mass is 127. The molecular weight excluding hydrogens is 393 g/mol. The summed E-state index contributed by atoms with van der Waals surface area (Å²) in [5.74, 6) is -0.844. The summed E-state index contributed by atoms with van der Waals surface area (Å²) in [7, 11) is 0. The lowest BCUT2D eigenvalue weighted by Gasteiger charge is -2.09. The Balaban J connectivity index is 2.44. The Morgan fingerprint density at radius 3 is 2.90 bits per heavy atom. The number of aromatic hydroxyl groups is 1. The molecule has 0 fully saturated rings. The molecule has 0 aliphatic carbocycles. The van der Waals surface area contributed by atoms with Crippen molar-refractivity contribution in [1.29, 1.82) is 0 Å². The van der Waals surface area contributed by atoms with Gasteiger partial charge < -0.3 is 9.84 Å². The second-order valence-electron chi connectivity index (χ2n) is 4.28. The lowest BCUT2D eigenvalue weighted by molar-refractivity contribution is 0.0489. The number of hydrogen-bond acceptors (Lipinski definition) is 4. The molecule has 0 aliphatic rings. The van der Waals surface area contributed by atoms with Gasteiger partial charge in [0, 0.05) is 14.3 Å². The van der Waals surface area contributed by atoms with E-state index in [0.29, 0.717) is 17.4 Å². The van der Waals surface area contributed by atoms with Crippen molar-refractivity contribution >= 4 is 50.9 Å². The number of carbonyl (C=O) groups excluding carboxylic acids is 1. The minimum atomic E-state index is -0.654. The lowest BCUT2D eigenvalue weighted by Crippen LogP contribution is -2.09. The minimum Gasteiger partial charge on any atom is -0.505 e. The molecule has 0 radical (unpaired) electrons. The van der Waals surface area contributed by atoms with Crippen molar-refractivity contribution in [2.75, 3.05) is 6.61 Å². The van der Waals surface area contributed by atoms with Crippen molar-refractivity contribution in [2.45, 2.75) is 19.8 Å². The number of halogens is 2. The van der Waals surface area contributed by atoms with Crippen LogP contribution in [0.5, 0.6) is 5.75 Å². The highest BCUT2D eigenvalue weighted by Crippen LogP contribution is 2.33. The van der Waals surface area contributed by atoms with Gasteiger partial charge in [-0.2, -0.15) is 0 Å². The van der Waals surface area contributed by atoms with Crippen LogP contribution in [0.4, 0.5) is 0 Å². The van der Waals surface area contributed by atoms with E-state index in [4.69, 9.17) is 16.3 Å². The molecular formula is C14H13ClINO3. The molecule has 0 bridgehead atoms. The number of rotatable bonds is 4. The van der Waals surface area contributed by atoms with Crippen LogP contribution >= 0.6 is 34.2 Å². The zero-order chi connectivity index (χ0) is 14.7. The van der Waals surface area contributed by atoms with Crippen LogP contribution in [0.2, 0.25) is 5.15 Å². The molecule has 0 unspecified atom stereocenters. The Kier molecular flexibility index (Phi) is 5.04. The molecule has 4 nitrogen and oxygen atoms in total. The zero-order valence-corrected chi connectivity index (χ0v) is 13.7. The van der Waals surface area contributed by atoms with E-state index in [2.05, 4.69) is 27.6 Å². The third-order valence-electron chi connectivity index (χ3n) is 2.82. The van der Waals surface area contributed by atoms with Gasteiger partial charge in [-0.3, -0.25) is 0 Å². The van der Waals surface area contributed by atoms with E-state index in [9.17, 15) is 9.90 Å². The molecule has 2 rings (SSSR count). The van der Waals surface area contributed by atoms with E-state index < -0.39 is 5.97 Å². The van der Waals surface area contributed by atoms with Crippen molar-refractivity contribution in [3.8, 4) is 5.75 Å². The van der Waals surface area contributed by atoms with E-state index in [1.807, 2.05) is 13.0 Å². The van der Waals surface area contributed by atoms with Crippen LogP contribution in [0.15, 0.2) is 18.2 Å². The fourth-order valence-electron chi connectivity index (χ4n) is 1.75. The third kappa shape index (κ3) is 3.15. The number of hydrogen-bond donors (Lipinski definition) is 1. The maximum Gasteiger partial charge on any atom is 0.360 e. The first-order valence-electron chi connectivity index (χ1n) is 6.19. The van der Waals surface area contributed by atoms with Gasteiger partial charge in [-0.15, -0.1) is 0 Å². The molecule has 1 aromatic heterocycles. The number of ether oxygens (including phenoxy) is 1. The number of fused-ring (bicyclic) bond motifs is 1. The summed E-state index contributed by atoms with van der Waals surface area (Å²) in [6, 6.07) is 5.37. The normalized spacial score (nSPS) is 10.8. The quantitative estimate of drug-likeness (QED) is 0.359. The Hall–Kier alpha value is -1.08. The molecule has 0 aliphatic heterocycles. The van der Waals surface area contributed by atoms with Crippen LogP contribution in [0.25, 0.3) is 10.8 Å². The molecule has 0 saturated heterocycles. The summed E-state index contributed by atoms with van der Waals surface area (Å²) in [6.45, 7) is 2.30. The smallest absolute Gasteiger partial charge is 0.360 e. The van der Waals surface area contributed by atoms with Crippen molar-refractivity contribution < 1.29 is 14.6 Å². The second kappa shape index (κ2) is 6.58. The Bertz CT molecular complexity index is 660. The average molecular weight is 406 g/mol. The van der Waals surface area contributed by atoms with E-state index in [0.717, 1.165) is 16.4 Å². The predicted molar refractivity (Wildman–Crippen MR) is 86.3 cm³/mol. The molecule has 106 valence electrons. The van der Waals surface area contributed by atoms with Gasteiger partial charge in [0.15, 0.2) is 11.4 Å². The largest absolute Gasteiger partial charge is 0.505 e. The monoisotopic (exact) mass is 405 g/mol. The first-order valence-corrected chi connectivity index (χ1v) is 7.65.